The zero-order valence-electron chi connectivity index (χ0n) is 21.8. The minimum atomic E-state index is -0.644. The quantitative estimate of drug-likeness (QED) is 0.528. The van der Waals surface area contributed by atoms with Crippen LogP contribution in [0, 0.1) is 0 Å². The van der Waals surface area contributed by atoms with E-state index in [4.69, 9.17) is 9.47 Å². The van der Waals surface area contributed by atoms with Gasteiger partial charge < -0.3 is 29.6 Å². The minimum absolute atomic E-state index is 0.0390. The second-order valence-corrected chi connectivity index (χ2v) is 11.0. The number of rotatable bonds is 5. The molecule has 2 aromatic carbocycles. The molecule has 202 valence electrons. The highest BCUT2D eigenvalue weighted by molar-refractivity contribution is 5.98. The van der Waals surface area contributed by atoms with Crippen LogP contribution in [0.5, 0.6) is 11.5 Å². The van der Waals surface area contributed by atoms with Gasteiger partial charge in [0.1, 0.15) is 6.04 Å². The summed E-state index contributed by atoms with van der Waals surface area (Å²) in [7, 11) is 0. The molecule has 0 bridgehead atoms. The molecule has 7 rings (SSSR count). The first kappa shape index (κ1) is 24.1. The van der Waals surface area contributed by atoms with E-state index >= 15 is 0 Å². The minimum Gasteiger partial charge on any atom is -0.454 e. The van der Waals surface area contributed by atoms with Gasteiger partial charge in [-0.25, -0.2) is 0 Å². The summed E-state index contributed by atoms with van der Waals surface area (Å²) in [5.74, 6) is 1.02. The number of hydrogen-bond acceptors (Lipinski definition) is 5. The third-order valence-electron chi connectivity index (χ3n) is 8.63. The van der Waals surface area contributed by atoms with Crippen LogP contribution in [0.3, 0.4) is 0 Å². The first-order chi connectivity index (χ1) is 19.1. The van der Waals surface area contributed by atoms with Gasteiger partial charge in [-0.05, 0) is 42.2 Å². The fourth-order valence-corrected chi connectivity index (χ4v) is 6.73. The van der Waals surface area contributed by atoms with Gasteiger partial charge in [0.25, 0.3) is 0 Å². The van der Waals surface area contributed by atoms with Crippen molar-refractivity contribution in [3.63, 3.8) is 0 Å². The van der Waals surface area contributed by atoms with Crippen LogP contribution in [0.4, 0.5) is 0 Å². The van der Waals surface area contributed by atoms with Crippen LogP contribution < -0.4 is 14.8 Å². The molecule has 9 heteroatoms. The fraction of sp³-hybridized carbons (Fsp3) is 0.433. The van der Waals surface area contributed by atoms with Gasteiger partial charge in [-0.15, -0.1) is 0 Å². The molecule has 9 nitrogen and oxygen atoms in total. The predicted octanol–water partition coefficient (Wildman–Crippen LogP) is 3.42. The average Bonchev–Trinajstić information content (AvgIpc) is 3.58. The van der Waals surface area contributed by atoms with Gasteiger partial charge in [0.15, 0.2) is 11.5 Å². The smallest absolute Gasteiger partial charge is 0.246 e. The van der Waals surface area contributed by atoms with E-state index in [0.29, 0.717) is 17.9 Å². The number of ether oxygens (including phenoxy) is 2. The van der Waals surface area contributed by atoms with Crippen LogP contribution in [-0.2, 0) is 20.8 Å². The third-order valence-corrected chi connectivity index (χ3v) is 8.63. The number of aromatic amines is 1. The van der Waals surface area contributed by atoms with E-state index in [9.17, 15) is 14.4 Å². The van der Waals surface area contributed by atoms with Gasteiger partial charge in [0.05, 0.1) is 12.6 Å². The maximum Gasteiger partial charge on any atom is 0.246 e. The summed E-state index contributed by atoms with van der Waals surface area (Å²) < 4.78 is 11.1. The molecule has 1 saturated carbocycles. The summed E-state index contributed by atoms with van der Waals surface area (Å²) in [6.07, 6.45) is 6.15. The molecule has 2 fully saturated rings. The highest BCUT2D eigenvalue weighted by Gasteiger charge is 2.48. The molecule has 0 unspecified atom stereocenters. The van der Waals surface area contributed by atoms with Crippen molar-refractivity contribution in [2.24, 2.45) is 0 Å². The number of nitrogens with one attached hydrogen (secondary N) is 2. The van der Waals surface area contributed by atoms with Crippen LogP contribution in [0.15, 0.2) is 42.5 Å². The molecule has 1 aromatic heterocycles. The van der Waals surface area contributed by atoms with E-state index in [-0.39, 0.29) is 50.1 Å². The second kappa shape index (κ2) is 9.63. The highest BCUT2D eigenvalue weighted by Crippen LogP contribution is 2.44. The zero-order chi connectivity index (χ0) is 26.5. The van der Waals surface area contributed by atoms with Gasteiger partial charge in [-0.2, -0.15) is 0 Å². The lowest BCUT2D eigenvalue weighted by Crippen LogP contribution is -2.63. The number of nitrogens with zero attached hydrogens (tertiary/aromatic N) is 2. The molecule has 39 heavy (non-hydrogen) atoms. The summed E-state index contributed by atoms with van der Waals surface area (Å²) in [6.45, 7) is 0.361. The number of piperazine rings is 1. The molecule has 3 aliphatic heterocycles. The molecule has 3 amide bonds. The molecule has 4 aliphatic rings. The first-order valence-electron chi connectivity index (χ1n) is 13.9. The second-order valence-electron chi connectivity index (χ2n) is 11.0. The molecule has 0 radical (unpaired) electrons. The Hall–Kier alpha value is -4.01. The van der Waals surface area contributed by atoms with Crippen molar-refractivity contribution in [2.45, 2.75) is 63.1 Å². The molecule has 4 heterocycles. The predicted molar refractivity (Wildman–Crippen MR) is 143 cm³/mol. The maximum atomic E-state index is 13.9. The molecular weight excluding hydrogens is 496 g/mol. The van der Waals surface area contributed by atoms with Gasteiger partial charge in [0.2, 0.25) is 24.5 Å². The van der Waals surface area contributed by atoms with Crippen molar-refractivity contribution in [3.05, 3.63) is 59.3 Å². The van der Waals surface area contributed by atoms with E-state index in [1.54, 1.807) is 9.80 Å². The Morgan fingerprint density at radius 1 is 1.03 bits per heavy atom. The van der Waals surface area contributed by atoms with Crippen LogP contribution in [0.25, 0.3) is 10.9 Å². The zero-order valence-corrected chi connectivity index (χ0v) is 21.8. The van der Waals surface area contributed by atoms with Gasteiger partial charge in [-0.1, -0.05) is 43.5 Å². The number of hydrogen-bond donors (Lipinski definition) is 2. The molecule has 2 atom stereocenters. The summed E-state index contributed by atoms with van der Waals surface area (Å²) in [6, 6.07) is 12.9. The number of para-hydroxylation sites is 1. The Morgan fingerprint density at radius 3 is 2.72 bits per heavy atom. The van der Waals surface area contributed by atoms with Crippen molar-refractivity contribution in [1.82, 2.24) is 20.1 Å². The third kappa shape index (κ3) is 4.20. The lowest BCUT2D eigenvalue weighted by atomic mass is 9.86. The lowest BCUT2D eigenvalue weighted by Gasteiger charge is -2.47. The highest BCUT2D eigenvalue weighted by atomic mass is 16.7. The first-order valence-corrected chi connectivity index (χ1v) is 13.9. The number of benzene rings is 2. The van der Waals surface area contributed by atoms with Crippen molar-refractivity contribution < 1.29 is 23.9 Å². The van der Waals surface area contributed by atoms with Crippen molar-refractivity contribution in [2.75, 3.05) is 19.9 Å². The number of carbonyl (C=O) groups excluding carboxylic acids is 3. The maximum absolute atomic E-state index is 13.9. The SMILES string of the molecule is O=C(CCN1CC(=O)N2[C@H](c3ccc4c(c3)OCO4)c3[nH]c4ccccc4c3C[C@@H]2C1=O)NC1CCCCC1. The van der Waals surface area contributed by atoms with Crippen LogP contribution >= 0.6 is 0 Å². The van der Waals surface area contributed by atoms with Gasteiger partial charge in [-0.3, -0.25) is 14.4 Å². The van der Waals surface area contributed by atoms with Crippen LogP contribution in [0.2, 0.25) is 0 Å². The van der Waals surface area contributed by atoms with Crippen LogP contribution in [-0.4, -0.2) is 64.5 Å². The van der Waals surface area contributed by atoms with Crippen molar-refractivity contribution >= 4 is 28.6 Å². The van der Waals surface area contributed by atoms with Crippen LogP contribution in [0.1, 0.15) is 61.4 Å². The Morgan fingerprint density at radius 2 is 1.85 bits per heavy atom. The molecule has 2 N–H and O–H groups in total. The summed E-state index contributed by atoms with van der Waals surface area (Å²) in [4.78, 5) is 47.1. The topological polar surface area (TPSA) is 104 Å². The largest absolute Gasteiger partial charge is 0.454 e. The normalized spacial score (nSPS) is 22.7. The van der Waals surface area contributed by atoms with E-state index in [1.807, 2.05) is 36.4 Å². The summed E-state index contributed by atoms with van der Waals surface area (Å²) in [5, 5.41) is 4.18. The van der Waals surface area contributed by atoms with E-state index in [2.05, 4.69) is 16.4 Å². The Labute approximate surface area is 226 Å². The Bertz CT molecular complexity index is 1460. The lowest BCUT2D eigenvalue weighted by molar-refractivity contribution is -0.158. The van der Waals surface area contributed by atoms with Crippen molar-refractivity contribution in [3.8, 4) is 11.5 Å². The number of carbonyl (C=O) groups is 3. The standard InChI is InChI=1S/C30H32N4O5/c35-26(31-19-6-2-1-3-7-19)12-13-33-16-27(36)34-23(30(33)37)15-21-20-8-4-5-9-22(20)32-28(21)29(34)18-10-11-24-25(14-18)39-17-38-24/h4-5,8-11,14,19,23,29,32H,1-3,6-7,12-13,15-17H2,(H,31,35)/t23-,29-/m1/s1. The number of fused-ring (bicyclic) bond motifs is 5. The number of amides is 3. The Kier molecular flexibility index (Phi) is 5.94. The molecule has 3 aromatic rings. The van der Waals surface area contributed by atoms with E-state index in [1.165, 1.54) is 6.42 Å². The number of aromatic nitrogens is 1. The average molecular weight is 529 g/mol. The molecule has 0 spiro atoms. The van der Waals surface area contributed by atoms with Gasteiger partial charge in [0, 0.05) is 42.0 Å². The molecular formula is C30H32N4O5. The van der Waals surface area contributed by atoms with Gasteiger partial charge >= 0.3 is 0 Å². The van der Waals surface area contributed by atoms with E-state index < -0.39 is 12.1 Å². The fourth-order valence-electron chi connectivity index (χ4n) is 6.73. The monoisotopic (exact) mass is 528 g/mol. The summed E-state index contributed by atoms with van der Waals surface area (Å²) >= 11 is 0. The van der Waals surface area contributed by atoms with Crippen molar-refractivity contribution in [1.29, 1.82) is 0 Å². The molecule has 1 saturated heterocycles. The molecule has 1 aliphatic carbocycles. The van der Waals surface area contributed by atoms with E-state index in [0.717, 1.165) is 53.4 Å². The Balaban J connectivity index is 1.18. The number of H-pyrrole nitrogens is 1. The summed E-state index contributed by atoms with van der Waals surface area (Å²) in [5.41, 5.74) is 3.81.